The number of aliphatic carboxylic acids is 1. The number of ether oxygens (including phenoxy) is 3. The monoisotopic (exact) mass is 605 g/mol. The Labute approximate surface area is 256 Å². The van der Waals surface area contributed by atoms with Crippen molar-refractivity contribution < 1.29 is 38.5 Å². The predicted octanol–water partition coefficient (Wildman–Crippen LogP) is 3.94. The Bertz CT molecular complexity index is 1050. The second-order valence-corrected chi connectivity index (χ2v) is 11.9. The number of amides is 3. The molecule has 0 aromatic heterocycles. The van der Waals surface area contributed by atoms with Crippen molar-refractivity contribution in [1.29, 1.82) is 0 Å². The molecular formula is C32H51N3O8. The van der Waals surface area contributed by atoms with E-state index in [1.807, 2.05) is 58.0 Å². The summed E-state index contributed by atoms with van der Waals surface area (Å²) in [6.07, 6.45) is 0.170. The van der Waals surface area contributed by atoms with Crippen molar-refractivity contribution >= 4 is 23.9 Å². The topological polar surface area (TPSA) is 135 Å². The molecule has 242 valence electrons. The van der Waals surface area contributed by atoms with E-state index in [0.29, 0.717) is 13.0 Å². The fourth-order valence-electron chi connectivity index (χ4n) is 5.92. The number of likely N-dealkylation sites (tertiary alicyclic amines) is 1. The van der Waals surface area contributed by atoms with Crippen molar-refractivity contribution in [3.8, 4) is 0 Å². The number of rotatable bonds is 16. The molecule has 0 aliphatic carbocycles. The first kappa shape index (κ1) is 36.0. The Morgan fingerprint density at radius 1 is 1.07 bits per heavy atom. The third-order valence-electron chi connectivity index (χ3n) is 8.65. The Balaban J connectivity index is 2.20. The molecule has 1 heterocycles. The SMILES string of the molecule is CCC(C)C(C(CC(=O)N1CCCC1C(OC)C(C)C(=O)O)OC)N(C)C(=O)C(NC(=O)OCc1ccccc1)C(C)C. The highest BCUT2D eigenvalue weighted by Crippen LogP contribution is 2.29. The van der Waals surface area contributed by atoms with Gasteiger partial charge in [-0.25, -0.2) is 4.79 Å². The summed E-state index contributed by atoms with van der Waals surface area (Å²) in [5, 5.41) is 12.3. The molecule has 0 saturated carbocycles. The van der Waals surface area contributed by atoms with Gasteiger partial charge >= 0.3 is 12.1 Å². The molecule has 3 amide bonds. The molecule has 1 aromatic rings. The van der Waals surface area contributed by atoms with Crippen LogP contribution in [0.5, 0.6) is 0 Å². The largest absolute Gasteiger partial charge is 0.481 e. The number of alkyl carbamates (subject to hydrolysis) is 1. The predicted molar refractivity (Wildman–Crippen MR) is 162 cm³/mol. The summed E-state index contributed by atoms with van der Waals surface area (Å²) in [5.74, 6) is -2.50. The molecule has 11 heteroatoms. The third-order valence-corrected chi connectivity index (χ3v) is 8.65. The Morgan fingerprint density at radius 3 is 2.26 bits per heavy atom. The van der Waals surface area contributed by atoms with Crippen molar-refractivity contribution in [2.24, 2.45) is 17.8 Å². The van der Waals surface area contributed by atoms with Crippen LogP contribution in [-0.2, 0) is 35.2 Å². The summed E-state index contributed by atoms with van der Waals surface area (Å²) in [4.78, 5) is 55.2. The maximum atomic E-state index is 13.9. The fourth-order valence-corrected chi connectivity index (χ4v) is 5.92. The summed E-state index contributed by atoms with van der Waals surface area (Å²) < 4.78 is 16.8. The number of nitrogens with zero attached hydrogens (tertiary/aromatic N) is 2. The first-order valence-corrected chi connectivity index (χ1v) is 15.2. The minimum atomic E-state index is -0.977. The number of hydrogen-bond acceptors (Lipinski definition) is 7. The van der Waals surface area contributed by atoms with E-state index >= 15 is 0 Å². The van der Waals surface area contributed by atoms with Gasteiger partial charge in [-0.05, 0) is 37.2 Å². The van der Waals surface area contributed by atoms with E-state index < -0.39 is 42.3 Å². The van der Waals surface area contributed by atoms with Gasteiger partial charge in [0.05, 0.1) is 36.6 Å². The van der Waals surface area contributed by atoms with Crippen LogP contribution in [0.1, 0.15) is 65.9 Å². The van der Waals surface area contributed by atoms with Crippen molar-refractivity contribution in [1.82, 2.24) is 15.1 Å². The van der Waals surface area contributed by atoms with E-state index in [1.54, 1.807) is 23.8 Å². The summed E-state index contributed by atoms with van der Waals surface area (Å²) in [6, 6.07) is 7.61. The first-order valence-electron chi connectivity index (χ1n) is 15.2. The second kappa shape index (κ2) is 17.2. The number of carbonyl (C=O) groups excluding carboxylic acids is 3. The fraction of sp³-hybridized carbons (Fsp3) is 0.688. The molecule has 1 aromatic carbocycles. The number of carboxylic acid groups (broad SMARTS) is 1. The number of nitrogens with one attached hydrogen (secondary N) is 1. The number of likely N-dealkylation sites (N-methyl/N-ethyl adjacent to an activating group) is 1. The van der Waals surface area contributed by atoms with Gasteiger partial charge in [0.1, 0.15) is 12.6 Å². The van der Waals surface area contributed by atoms with E-state index in [-0.39, 0.29) is 42.7 Å². The number of benzene rings is 1. The van der Waals surface area contributed by atoms with Crippen LogP contribution < -0.4 is 5.32 Å². The van der Waals surface area contributed by atoms with Gasteiger partial charge in [0.25, 0.3) is 0 Å². The lowest BCUT2D eigenvalue weighted by atomic mass is 9.89. The van der Waals surface area contributed by atoms with Gasteiger partial charge in [-0.15, -0.1) is 0 Å². The summed E-state index contributed by atoms with van der Waals surface area (Å²) >= 11 is 0. The Hall–Kier alpha value is -3.18. The second-order valence-electron chi connectivity index (χ2n) is 11.9. The molecule has 0 bridgehead atoms. The van der Waals surface area contributed by atoms with Crippen LogP contribution in [0, 0.1) is 17.8 Å². The average molecular weight is 606 g/mol. The highest BCUT2D eigenvalue weighted by molar-refractivity contribution is 5.86. The molecule has 7 unspecified atom stereocenters. The van der Waals surface area contributed by atoms with E-state index in [2.05, 4.69) is 5.32 Å². The highest BCUT2D eigenvalue weighted by atomic mass is 16.5. The van der Waals surface area contributed by atoms with Crippen molar-refractivity contribution in [2.45, 2.75) is 97.2 Å². The molecule has 1 fully saturated rings. The molecule has 0 spiro atoms. The van der Waals surface area contributed by atoms with Crippen LogP contribution in [0.2, 0.25) is 0 Å². The number of hydrogen-bond donors (Lipinski definition) is 2. The number of carbonyl (C=O) groups is 4. The van der Waals surface area contributed by atoms with E-state index in [9.17, 15) is 24.3 Å². The van der Waals surface area contributed by atoms with Gasteiger partial charge in [-0.1, -0.05) is 64.4 Å². The van der Waals surface area contributed by atoms with E-state index in [0.717, 1.165) is 18.4 Å². The van der Waals surface area contributed by atoms with Crippen LogP contribution in [-0.4, -0.2) is 96.9 Å². The van der Waals surface area contributed by atoms with Gasteiger partial charge in [-0.2, -0.15) is 0 Å². The third kappa shape index (κ3) is 9.66. The van der Waals surface area contributed by atoms with Crippen molar-refractivity contribution in [2.75, 3.05) is 27.8 Å². The Kier molecular flexibility index (Phi) is 14.4. The lowest BCUT2D eigenvalue weighted by Gasteiger charge is -2.40. The Morgan fingerprint density at radius 2 is 1.72 bits per heavy atom. The van der Waals surface area contributed by atoms with Crippen LogP contribution in [0.25, 0.3) is 0 Å². The molecule has 2 rings (SSSR count). The van der Waals surface area contributed by atoms with E-state index in [4.69, 9.17) is 14.2 Å². The normalized spacial score (nSPS) is 19.2. The van der Waals surface area contributed by atoms with Gasteiger partial charge in [0.15, 0.2) is 0 Å². The number of methoxy groups -OCH3 is 2. The zero-order valence-corrected chi connectivity index (χ0v) is 26.9. The summed E-state index contributed by atoms with van der Waals surface area (Å²) in [7, 11) is 4.67. The lowest BCUT2D eigenvalue weighted by molar-refractivity contribution is -0.152. The van der Waals surface area contributed by atoms with Crippen molar-refractivity contribution in [3.05, 3.63) is 35.9 Å². The maximum absolute atomic E-state index is 13.9. The van der Waals surface area contributed by atoms with Crippen LogP contribution in [0.15, 0.2) is 30.3 Å². The molecule has 1 aliphatic rings. The molecule has 0 radical (unpaired) electrons. The zero-order valence-electron chi connectivity index (χ0n) is 26.9. The van der Waals surface area contributed by atoms with Gasteiger partial charge < -0.3 is 34.4 Å². The van der Waals surface area contributed by atoms with Crippen LogP contribution in [0.3, 0.4) is 0 Å². The molecule has 2 N–H and O–H groups in total. The lowest BCUT2D eigenvalue weighted by Crippen LogP contribution is -2.57. The van der Waals surface area contributed by atoms with E-state index in [1.165, 1.54) is 14.2 Å². The molecular weight excluding hydrogens is 554 g/mol. The summed E-state index contributed by atoms with van der Waals surface area (Å²) in [5.41, 5.74) is 0.834. The minimum absolute atomic E-state index is 0.0103. The molecule has 11 nitrogen and oxygen atoms in total. The molecule has 7 atom stereocenters. The van der Waals surface area contributed by atoms with Gasteiger partial charge in [-0.3, -0.25) is 14.4 Å². The first-order chi connectivity index (χ1) is 20.4. The minimum Gasteiger partial charge on any atom is -0.481 e. The highest BCUT2D eigenvalue weighted by Gasteiger charge is 2.42. The molecule has 1 saturated heterocycles. The van der Waals surface area contributed by atoms with Crippen LogP contribution >= 0.6 is 0 Å². The molecule has 1 aliphatic heterocycles. The van der Waals surface area contributed by atoms with Crippen molar-refractivity contribution in [3.63, 3.8) is 0 Å². The standard InChI is InChI=1S/C32H51N3O8/c1-9-21(4)28(25(41-7)18-26(36)35-17-13-16-24(35)29(42-8)22(5)31(38)39)34(6)30(37)27(20(2)3)33-32(40)43-19-23-14-11-10-12-15-23/h10-12,14-15,20-22,24-25,27-29H,9,13,16-19H2,1-8H3,(H,33,40)(H,38,39). The zero-order chi connectivity index (χ0) is 32.3. The molecule has 43 heavy (non-hydrogen) atoms. The quantitative estimate of drug-likeness (QED) is 0.289. The summed E-state index contributed by atoms with van der Waals surface area (Å²) in [6.45, 7) is 9.88. The van der Waals surface area contributed by atoms with Gasteiger partial charge in [0, 0.05) is 27.8 Å². The smallest absolute Gasteiger partial charge is 0.408 e. The average Bonchev–Trinajstić information content (AvgIpc) is 3.48. The maximum Gasteiger partial charge on any atom is 0.408 e. The number of carboxylic acids is 1. The van der Waals surface area contributed by atoms with Crippen LogP contribution in [0.4, 0.5) is 4.79 Å². The van der Waals surface area contributed by atoms with Gasteiger partial charge in [0.2, 0.25) is 11.8 Å².